The largest absolute Gasteiger partial charge is 0.377 e. The van der Waals surface area contributed by atoms with Gasteiger partial charge in [0.2, 0.25) is 5.91 Å². The Morgan fingerprint density at radius 2 is 2.20 bits per heavy atom. The summed E-state index contributed by atoms with van der Waals surface area (Å²) in [5.74, 6) is -0.356. The van der Waals surface area contributed by atoms with Crippen LogP contribution in [-0.4, -0.2) is 30.7 Å². The Balaban J connectivity index is 2.00. The van der Waals surface area contributed by atoms with Crippen LogP contribution in [0.3, 0.4) is 0 Å². The van der Waals surface area contributed by atoms with Crippen LogP contribution < -0.4 is 11.1 Å². The van der Waals surface area contributed by atoms with Crippen LogP contribution in [0.25, 0.3) is 0 Å². The lowest BCUT2D eigenvalue weighted by Gasteiger charge is -2.29. The van der Waals surface area contributed by atoms with Gasteiger partial charge in [-0.05, 0) is 43.9 Å². The summed E-state index contributed by atoms with van der Waals surface area (Å²) in [6.07, 6.45) is 2.82. The van der Waals surface area contributed by atoms with E-state index in [1.807, 2.05) is 31.2 Å². The van der Waals surface area contributed by atoms with E-state index in [-0.39, 0.29) is 12.0 Å². The molecule has 1 aromatic carbocycles. The number of hydrogen-bond donors (Lipinski definition) is 2. The van der Waals surface area contributed by atoms with E-state index in [2.05, 4.69) is 5.32 Å². The summed E-state index contributed by atoms with van der Waals surface area (Å²) in [7, 11) is 0. The molecule has 0 bridgehead atoms. The molecule has 0 spiro atoms. The minimum atomic E-state index is -0.778. The van der Waals surface area contributed by atoms with E-state index in [4.69, 9.17) is 22.1 Å². The van der Waals surface area contributed by atoms with Gasteiger partial charge in [0.1, 0.15) is 0 Å². The van der Waals surface area contributed by atoms with Crippen LogP contribution in [0.15, 0.2) is 24.3 Å². The minimum absolute atomic E-state index is 0.180. The van der Waals surface area contributed by atoms with Gasteiger partial charge in [-0.25, -0.2) is 0 Å². The number of amides is 1. The molecule has 1 fully saturated rings. The highest BCUT2D eigenvalue weighted by molar-refractivity contribution is 6.30. The molecular weight excluding hydrogens is 276 g/mol. The van der Waals surface area contributed by atoms with Crippen LogP contribution in [0.5, 0.6) is 0 Å². The third-order valence-corrected chi connectivity index (χ3v) is 4.01. The Labute approximate surface area is 124 Å². The molecule has 0 saturated carbocycles. The van der Waals surface area contributed by atoms with E-state index in [9.17, 15) is 4.79 Å². The van der Waals surface area contributed by atoms with Crippen molar-refractivity contribution in [1.29, 1.82) is 0 Å². The Bertz CT molecular complexity index is 457. The smallest absolute Gasteiger partial charge is 0.237 e. The van der Waals surface area contributed by atoms with Crippen LogP contribution >= 0.6 is 11.6 Å². The molecule has 1 aromatic rings. The molecule has 20 heavy (non-hydrogen) atoms. The third-order valence-electron chi connectivity index (χ3n) is 3.76. The van der Waals surface area contributed by atoms with Crippen LogP contribution in [0.1, 0.15) is 25.3 Å². The van der Waals surface area contributed by atoms with Gasteiger partial charge in [-0.2, -0.15) is 0 Å². The lowest BCUT2D eigenvalue weighted by molar-refractivity contribution is -0.124. The maximum atomic E-state index is 11.8. The summed E-state index contributed by atoms with van der Waals surface area (Å²) >= 11 is 5.87. The van der Waals surface area contributed by atoms with Crippen molar-refractivity contribution < 1.29 is 9.53 Å². The first-order chi connectivity index (χ1) is 9.49. The summed E-state index contributed by atoms with van der Waals surface area (Å²) < 4.78 is 5.56. The van der Waals surface area contributed by atoms with Crippen LogP contribution in [0.2, 0.25) is 5.02 Å². The number of nitrogens with one attached hydrogen (secondary N) is 1. The van der Waals surface area contributed by atoms with E-state index in [1.165, 1.54) is 0 Å². The predicted octanol–water partition coefficient (Wildman–Crippen LogP) is 1.90. The highest BCUT2D eigenvalue weighted by atomic mass is 35.5. The number of rotatable bonds is 6. The van der Waals surface area contributed by atoms with Crippen molar-refractivity contribution in [1.82, 2.24) is 5.32 Å². The average molecular weight is 297 g/mol. The fourth-order valence-electron chi connectivity index (χ4n) is 2.39. The Morgan fingerprint density at radius 1 is 1.50 bits per heavy atom. The quantitative estimate of drug-likeness (QED) is 0.842. The van der Waals surface area contributed by atoms with Gasteiger partial charge in [-0.3, -0.25) is 4.79 Å². The van der Waals surface area contributed by atoms with Crippen molar-refractivity contribution >= 4 is 17.5 Å². The molecule has 3 N–H and O–H groups in total. The van der Waals surface area contributed by atoms with Gasteiger partial charge in [0.05, 0.1) is 11.6 Å². The van der Waals surface area contributed by atoms with E-state index in [0.717, 1.165) is 25.0 Å². The van der Waals surface area contributed by atoms with Crippen molar-refractivity contribution in [3.8, 4) is 0 Å². The normalized spacial score (nSPS) is 21.6. The highest BCUT2D eigenvalue weighted by Gasteiger charge is 2.32. The second kappa shape index (κ2) is 6.57. The van der Waals surface area contributed by atoms with E-state index < -0.39 is 5.54 Å². The summed E-state index contributed by atoms with van der Waals surface area (Å²) in [6, 6.07) is 7.46. The van der Waals surface area contributed by atoms with Crippen molar-refractivity contribution in [2.24, 2.45) is 5.73 Å². The van der Waals surface area contributed by atoms with Crippen LogP contribution in [0.4, 0.5) is 0 Å². The topological polar surface area (TPSA) is 64.3 Å². The first-order valence-electron chi connectivity index (χ1n) is 6.90. The number of carbonyl (C=O) groups is 1. The van der Waals surface area contributed by atoms with Gasteiger partial charge in [0.15, 0.2) is 0 Å². The number of benzene rings is 1. The first kappa shape index (κ1) is 15.3. The maximum Gasteiger partial charge on any atom is 0.237 e. The van der Waals surface area contributed by atoms with Crippen molar-refractivity contribution in [2.75, 3.05) is 13.2 Å². The number of carbonyl (C=O) groups excluding carboxylic acids is 1. The number of halogens is 1. The zero-order valence-corrected chi connectivity index (χ0v) is 12.5. The molecule has 4 nitrogen and oxygen atoms in total. The SMILES string of the molecule is CC(Cc1ccc(Cl)cc1)(NCC1CCCO1)C(N)=O. The Hall–Kier alpha value is -1.10. The first-order valence-corrected chi connectivity index (χ1v) is 7.28. The van der Waals surface area contributed by atoms with Gasteiger partial charge in [-0.15, -0.1) is 0 Å². The van der Waals surface area contributed by atoms with Gasteiger partial charge >= 0.3 is 0 Å². The Morgan fingerprint density at radius 3 is 2.75 bits per heavy atom. The second-order valence-corrected chi connectivity index (χ2v) is 5.95. The summed E-state index contributed by atoms with van der Waals surface area (Å²) in [6.45, 7) is 3.28. The molecule has 1 saturated heterocycles. The van der Waals surface area contributed by atoms with Gasteiger partial charge in [0.25, 0.3) is 0 Å². The molecule has 2 unspecified atom stereocenters. The molecule has 1 amide bonds. The van der Waals surface area contributed by atoms with Crippen LogP contribution in [0, 0.1) is 0 Å². The fraction of sp³-hybridized carbons (Fsp3) is 0.533. The molecule has 1 aliphatic heterocycles. The zero-order chi connectivity index (χ0) is 14.6. The van der Waals surface area contributed by atoms with E-state index in [1.54, 1.807) is 0 Å². The molecule has 2 atom stereocenters. The number of hydrogen-bond acceptors (Lipinski definition) is 3. The monoisotopic (exact) mass is 296 g/mol. The molecule has 2 rings (SSSR count). The number of ether oxygens (including phenoxy) is 1. The molecule has 0 radical (unpaired) electrons. The minimum Gasteiger partial charge on any atom is -0.377 e. The summed E-state index contributed by atoms with van der Waals surface area (Å²) in [5.41, 5.74) is 5.81. The van der Waals surface area contributed by atoms with Gasteiger partial charge in [0, 0.05) is 18.2 Å². The third kappa shape index (κ3) is 3.95. The molecule has 1 aliphatic rings. The molecule has 5 heteroatoms. The van der Waals surface area contributed by atoms with E-state index >= 15 is 0 Å². The van der Waals surface area contributed by atoms with Crippen molar-refractivity contribution in [3.05, 3.63) is 34.9 Å². The van der Waals surface area contributed by atoms with Crippen LogP contribution in [-0.2, 0) is 16.0 Å². The number of primary amides is 1. The molecule has 110 valence electrons. The second-order valence-electron chi connectivity index (χ2n) is 5.52. The zero-order valence-electron chi connectivity index (χ0n) is 11.7. The standard InChI is InChI=1S/C15H21ClN2O2/c1-15(14(17)19,18-10-13-3-2-8-20-13)9-11-4-6-12(16)7-5-11/h4-7,13,18H,2-3,8-10H2,1H3,(H2,17,19). The van der Waals surface area contributed by atoms with Gasteiger partial charge < -0.3 is 15.8 Å². The Kier molecular flexibility index (Phi) is 5.02. The molecule has 1 heterocycles. The van der Waals surface area contributed by atoms with Gasteiger partial charge in [-0.1, -0.05) is 23.7 Å². The summed E-state index contributed by atoms with van der Waals surface area (Å²) in [5, 5.41) is 3.95. The predicted molar refractivity (Wildman–Crippen MR) is 79.7 cm³/mol. The number of nitrogens with two attached hydrogens (primary N) is 1. The summed E-state index contributed by atoms with van der Waals surface area (Å²) in [4.78, 5) is 11.8. The average Bonchev–Trinajstić information content (AvgIpc) is 2.92. The van der Waals surface area contributed by atoms with E-state index in [0.29, 0.717) is 18.0 Å². The maximum absolute atomic E-state index is 11.8. The molecule has 0 aromatic heterocycles. The fourth-order valence-corrected chi connectivity index (χ4v) is 2.52. The lowest BCUT2D eigenvalue weighted by Crippen LogP contribution is -2.56. The van der Waals surface area contributed by atoms with Crippen molar-refractivity contribution in [2.45, 2.75) is 37.8 Å². The lowest BCUT2D eigenvalue weighted by atomic mass is 9.91. The van der Waals surface area contributed by atoms with Crippen molar-refractivity contribution in [3.63, 3.8) is 0 Å². The highest BCUT2D eigenvalue weighted by Crippen LogP contribution is 2.18. The molecule has 0 aliphatic carbocycles. The molecular formula is C15H21ClN2O2.